The van der Waals surface area contributed by atoms with Gasteiger partial charge in [-0.3, -0.25) is 9.69 Å². The van der Waals surface area contributed by atoms with Gasteiger partial charge in [0.1, 0.15) is 12.4 Å². The number of piperidine rings is 1. The van der Waals surface area contributed by atoms with Crippen LogP contribution in [-0.4, -0.2) is 34.9 Å². The number of hydrogen-bond donors (Lipinski definition) is 1. The minimum absolute atomic E-state index is 0.0583. The quantitative estimate of drug-likeness (QED) is 0.473. The van der Waals surface area contributed by atoms with Crippen LogP contribution in [0, 0.1) is 13.8 Å². The SMILES string of the molecule is Cc1cccc(CN2CCC(NC(=O)/C=C/c3ccccc3OCc3csc(C)n3)CC2)c1. The van der Waals surface area contributed by atoms with E-state index in [-0.39, 0.29) is 11.9 Å². The molecule has 0 radical (unpaired) electrons. The normalized spacial score (nSPS) is 15.1. The predicted molar refractivity (Wildman–Crippen MR) is 134 cm³/mol. The van der Waals surface area contributed by atoms with Crippen molar-refractivity contribution in [2.24, 2.45) is 0 Å². The van der Waals surface area contributed by atoms with Crippen LogP contribution in [0.1, 0.15) is 40.2 Å². The summed E-state index contributed by atoms with van der Waals surface area (Å²) in [7, 11) is 0. The van der Waals surface area contributed by atoms with Gasteiger partial charge in [-0.2, -0.15) is 0 Å². The molecule has 3 aromatic rings. The molecule has 2 heterocycles. The van der Waals surface area contributed by atoms with Crippen LogP contribution in [0.4, 0.5) is 0 Å². The molecule has 1 saturated heterocycles. The van der Waals surface area contributed by atoms with E-state index < -0.39 is 0 Å². The fourth-order valence-electron chi connectivity index (χ4n) is 4.09. The van der Waals surface area contributed by atoms with E-state index >= 15 is 0 Å². The Kier molecular flexibility index (Phi) is 7.92. The van der Waals surface area contributed by atoms with Gasteiger partial charge in [-0.25, -0.2) is 4.98 Å². The molecule has 0 unspecified atom stereocenters. The number of likely N-dealkylation sites (tertiary alicyclic amines) is 1. The lowest BCUT2D eigenvalue weighted by Crippen LogP contribution is -2.43. The van der Waals surface area contributed by atoms with Crippen molar-refractivity contribution in [2.75, 3.05) is 13.1 Å². The number of benzene rings is 2. The second-order valence-corrected chi connectivity index (χ2v) is 9.63. The van der Waals surface area contributed by atoms with Gasteiger partial charge in [0, 0.05) is 42.7 Å². The molecule has 0 atom stereocenters. The number of para-hydroxylation sites is 1. The molecule has 33 heavy (non-hydrogen) atoms. The lowest BCUT2D eigenvalue weighted by Gasteiger charge is -2.32. The number of aryl methyl sites for hydroxylation is 2. The standard InChI is InChI=1S/C27H31N3O2S/c1-20-6-5-7-22(16-20)17-30-14-12-24(13-15-30)29-27(31)11-10-23-8-3-4-9-26(23)32-18-25-19-33-21(2)28-25/h3-11,16,19,24H,12-15,17-18H2,1-2H3,(H,29,31)/b11-10+. The Labute approximate surface area is 200 Å². The van der Waals surface area contributed by atoms with Gasteiger partial charge in [0.2, 0.25) is 5.91 Å². The Morgan fingerprint density at radius 1 is 1.18 bits per heavy atom. The number of thiazole rings is 1. The first-order valence-corrected chi connectivity index (χ1v) is 12.3. The second kappa shape index (κ2) is 11.3. The summed E-state index contributed by atoms with van der Waals surface area (Å²) in [5.41, 5.74) is 4.45. The number of rotatable bonds is 8. The zero-order valence-electron chi connectivity index (χ0n) is 19.3. The molecule has 6 heteroatoms. The molecule has 4 rings (SSSR count). The van der Waals surface area contributed by atoms with Crippen molar-refractivity contribution in [3.05, 3.63) is 87.4 Å². The molecule has 1 aromatic heterocycles. The van der Waals surface area contributed by atoms with E-state index in [2.05, 4.69) is 46.4 Å². The van der Waals surface area contributed by atoms with Crippen LogP contribution in [0.5, 0.6) is 5.75 Å². The summed E-state index contributed by atoms with van der Waals surface area (Å²) in [6, 6.07) is 16.7. The molecule has 172 valence electrons. The van der Waals surface area contributed by atoms with Crippen LogP contribution in [-0.2, 0) is 17.9 Å². The van der Waals surface area contributed by atoms with Crippen molar-refractivity contribution in [1.82, 2.24) is 15.2 Å². The molecule has 0 saturated carbocycles. The lowest BCUT2D eigenvalue weighted by atomic mass is 10.0. The van der Waals surface area contributed by atoms with E-state index in [0.29, 0.717) is 6.61 Å². The molecular formula is C27H31N3O2S. The molecule has 2 aromatic carbocycles. The zero-order chi connectivity index (χ0) is 23.0. The van der Waals surface area contributed by atoms with Gasteiger partial charge in [-0.1, -0.05) is 48.0 Å². The maximum absolute atomic E-state index is 12.5. The predicted octanol–water partition coefficient (Wildman–Crippen LogP) is 5.13. The number of carbonyl (C=O) groups is 1. The smallest absolute Gasteiger partial charge is 0.244 e. The molecule has 5 nitrogen and oxygen atoms in total. The molecule has 1 fully saturated rings. The van der Waals surface area contributed by atoms with E-state index in [1.165, 1.54) is 11.1 Å². The van der Waals surface area contributed by atoms with Gasteiger partial charge in [0.15, 0.2) is 0 Å². The van der Waals surface area contributed by atoms with Crippen LogP contribution < -0.4 is 10.1 Å². The molecule has 1 amide bonds. The van der Waals surface area contributed by atoms with Crippen LogP contribution in [0.3, 0.4) is 0 Å². The minimum Gasteiger partial charge on any atom is -0.487 e. The van der Waals surface area contributed by atoms with Crippen LogP contribution in [0.25, 0.3) is 6.08 Å². The van der Waals surface area contributed by atoms with Crippen molar-refractivity contribution < 1.29 is 9.53 Å². The van der Waals surface area contributed by atoms with Crippen molar-refractivity contribution in [3.8, 4) is 5.75 Å². The highest BCUT2D eigenvalue weighted by Crippen LogP contribution is 2.21. The molecule has 0 bridgehead atoms. The van der Waals surface area contributed by atoms with E-state index in [0.717, 1.165) is 54.5 Å². The first-order chi connectivity index (χ1) is 16.0. The number of nitrogens with one attached hydrogen (secondary N) is 1. The van der Waals surface area contributed by atoms with E-state index in [9.17, 15) is 4.79 Å². The molecule has 0 spiro atoms. The maximum Gasteiger partial charge on any atom is 0.244 e. The fraction of sp³-hybridized carbons (Fsp3) is 0.333. The highest BCUT2D eigenvalue weighted by Gasteiger charge is 2.20. The monoisotopic (exact) mass is 461 g/mol. The molecule has 1 aliphatic rings. The minimum atomic E-state index is -0.0583. The molecule has 1 aliphatic heterocycles. The lowest BCUT2D eigenvalue weighted by molar-refractivity contribution is -0.117. The average Bonchev–Trinajstić information content (AvgIpc) is 3.23. The van der Waals surface area contributed by atoms with Crippen LogP contribution in [0.15, 0.2) is 60.0 Å². The summed E-state index contributed by atoms with van der Waals surface area (Å²) >= 11 is 1.61. The molecule has 1 N–H and O–H groups in total. The summed E-state index contributed by atoms with van der Waals surface area (Å²) in [6.07, 6.45) is 5.37. The van der Waals surface area contributed by atoms with Crippen molar-refractivity contribution >= 4 is 23.3 Å². The zero-order valence-corrected chi connectivity index (χ0v) is 20.1. The van der Waals surface area contributed by atoms with Gasteiger partial charge in [-0.15, -0.1) is 11.3 Å². The summed E-state index contributed by atoms with van der Waals surface area (Å²) in [4.78, 5) is 19.4. The first kappa shape index (κ1) is 23.2. The third kappa shape index (κ3) is 7.01. The number of aromatic nitrogens is 1. The number of carbonyl (C=O) groups excluding carboxylic acids is 1. The number of nitrogens with zero attached hydrogens (tertiary/aromatic N) is 2. The summed E-state index contributed by atoms with van der Waals surface area (Å²) in [6.45, 7) is 7.50. The number of hydrogen-bond acceptors (Lipinski definition) is 5. The number of amides is 1. The Hall–Kier alpha value is -2.96. The molecular weight excluding hydrogens is 430 g/mol. The Morgan fingerprint density at radius 3 is 2.76 bits per heavy atom. The third-order valence-electron chi connectivity index (χ3n) is 5.80. The van der Waals surface area contributed by atoms with Gasteiger partial charge in [0.25, 0.3) is 0 Å². The maximum atomic E-state index is 12.5. The van der Waals surface area contributed by atoms with Crippen LogP contribution >= 0.6 is 11.3 Å². The highest BCUT2D eigenvalue weighted by molar-refractivity contribution is 7.09. The molecule has 0 aliphatic carbocycles. The topological polar surface area (TPSA) is 54.5 Å². The Morgan fingerprint density at radius 2 is 2.00 bits per heavy atom. The highest BCUT2D eigenvalue weighted by atomic mass is 32.1. The third-order valence-corrected chi connectivity index (χ3v) is 6.62. The van der Waals surface area contributed by atoms with Crippen molar-refractivity contribution in [2.45, 2.75) is 45.9 Å². The largest absolute Gasteiger partial charge is 0.487 e. The van der Waals surface area contributed by atoms with Gasteiger partial charge in [-0.05, 0) is 44.4 Å². The summed E-state index contributed by atoms with van der Waals surface area (Å²) in [5, 5.41) is 6.20. The fourth-order valence-corrected chi connectivity index (χ4v) is 4.69. The van der Waals surface area contributed by atoms with E-state index in [1.807, 2.05) is 42.6 Å². The second-order valence-electron chi connectivity index (χ2n) is 8.57. The van der Waals surface area contributed by atoms with Crippen LogP contribution in [0.2, 0.25) is 0 Å². The van der Waals surface area contributed by atoms with Gasteiger partial charge in [0.05, 0.1) is 10.7 Å². The summed E-state index contributed by atoms with van der Waals surface area (Å²) in [5.74, 6) is 0.689. The van der Waals surface area contributed by atoms with Crippen molar-refractivity contribution in [3.63, 3.8) is 0 Å². The average molecular weight is 462 g/mol. The van der Waals surface area contributed by atoms with Crippen molar-refractivity contribution in [1.29, 1.82) is 0 Å². The van der Waals surface area contributed by atoms with E-state index in [4.69, 9.17) is 4.74 Å². The Balaban J connectivity index is 1.25. The summed E-state index contributed by atoms with van der Waals surface area (Å²) < 4.78 is 5.94. The first-order valence-electron chi connectivity index (χ1n) is 11.4. The van der Waals surface area contributed by atoms with Gasteiger partial charge < -0.3 is 10.1 Å². The Bertz CT molecular complexity index is 1100. The number of ether oxygens (including phenoxy) is 1. The van der Waals surface area contributed by atoms with Gasteiger partial charge >= 0.3 is 0 Å². The van der Waals surface area contributed by atoms with E-state index in [1.54, 1.807) is 17.4 Å².